The summed E-state index contributed by atoms with van der Waals surface area (Å²) in [6.07, 6.45) is 0. The molecule has 0 aliphatic heterocycles. The van der Waals surface area contributed by atoms with Gasteiger partial charge in [-0.25, -0.2) is 0 Å². The molecule has 0 spiro atoms. The molecule has 0 atom stereocenters. The van der Waals surface area contributed by atoms with Gasteiger partial charge in [-0.05, 0) is 20.8 Å². The summed E-state index contributed by atoms with van der Waals surface area (Å²) in [7, 11) is 0. The van der Waals surface area contributed by atoms with Gasteiger partial charge in [-0.2, -0.15) is 0 Å². The van der Waals surface area contributed by atoms with Crippen molar-refractivity contribution in [3.63, 3.8) is 0 Å². The molecule has 3 N–H and O–H groups in total. The van der Waals surface area contributed by atoms with Crippen LogP contribution in [0.25, 0.3) is 0 Å². The first-order valence-corrected chi connectivity index (χ1v) is 7.18. The van der Waals surface area contributed by atoms with Crippen LogP contribution >= 0.6 is 13.6 Å². The number of hydrogen-bond acceptors (Lipinski definition) is 3. The van der Waals surface area contributed by atoms with Gasteiger partial charge in [-0.3, -0.25) is 0 Å². The summed E-state index contributed by atoms with van der Waals surface area (Å²) < 4.78 is 0. The van der Waals surface area contributed by atoms with Crippen molar-refractivity contribution in [2.24, 2.45) is 0 Å². The molecular formula is C6H18BrO3Ru. The minimum atomic E-state index is 0.250. The quantitative estimate of drug-likeness (QED) is 0.580. The molecule has 0 saturated heterocycles. The van der Waals surface area contributed by atoms with Crippen molar-refractivity contribution >= 4 is 13.6 Å². The van der Waals surface area contributed by atoms with Crippen LogP contribution in [-0.4, -0.2) is 35.1 Å². The fourth-order valence-electron chi connectivity index (χ4n) is 0. The summed E-state index contributed by atoms with van der Waals surface area (Å²) in [6, 6.07) is 0. The van der Waals surface area contributed by atoms with Crippen LogP contribution in [0.5, 0.6) is 0 Å². The summed E-state index contributed by atoms with van der Waals surface area (Å²) in [5, 5.41) is 22.7. The fourth-order valence-corrected chi connectivity index (χ4v) is 0. The van der Waals surface area contributed by atoms with Crippen LogP contribution in [0, 0.1) is 0 Å². The van der Waals surface area contributed by atoms with Gasteiger partial charge in [0.1, 0.15) is 0 Å². The van der Waals surface area contributed by atoms with Crippen LogP contribution in [0.1, 0.15) is 20.8 Å². The van der Waals surface area contributed by atoms with E-state index in [-0.39, 0.29) is 19.8 Å². The molecular weight excluding hydrogens is 301 g/mol. The van der Waals surface area contributed by atoms with Gasteiger partial charge in [0, 0.05) is 19.8 Å². The first-order chi connectivity index (χ1) is 5.24. The van der Waals surface area contributed by atoms with E-state index in [0.717, 1.165) is 0 Å². The van der Waals surface area contributed by atoms with Crippen molar-refractivity contribution in [2.75, 3.05) is 19.8 Å². The van der Waals surface area contributed by atoms with Crippen LogP contribution < -0.4 is 0 Å². The molecule has 0 saturated carbocycles. The first-order valence-electron chi connectivity index (χ1n) is 3.20. The number of aliphatic hydroxyl groups is 3. The van der Waals surface area contributed by atoms with Crippen LogP contribution in [0.15, 0.2) is 0 Å². The maximum atomic E-state index is 7.57. The molecule has 0 rings (SSSR count). The van der Waals surface area contributed by atoms with E-state index in [1.54, 1.807) is 20.8 Å². The molecule has 3 nitrogen and oxygen atoms in total. The van der Waals surface area contributed by atoms with E-state index in [1.807, 2.05) is 0 Å². The second-order valence-corrected chi connectivity index (χ2v) is 0.949. The fraction of sp³-hybridized carbons (Fsp3) is 1.00. The second kappa shape index (κ2) is 69.0. The summed E-state index contributed by atoms with van der Waals surface area (Å²) in [6.45, 7) is 5.79. The van der Waals surface area contributed by atoms with E-state index < -0.39 is 0 Å². The zero-order valence-electron chi connectivity index (χ0n) is 7.19. The van der Waals surface area contributed by atoms with E-state index in [2.05, 4.69) is 30.0 Å². The summed E-state index contributed by atoms with van der Waals surface area (Å²) in [5.74, 6) is 0. The zero-order valence-corrected chi connectivity index (χ0v) is 10.5. The number of hydrogen-bond donors (Lipinski definition) is 3. The van der Waals surface area contributed by atoms with E-state index >= 15 is 0 Å². The predicted octanol–water partition coefficient (Wildman–Crippen LogP) is 0.839. The third-order valence-corrected chi connectivity index (χ3v) is 0. The Kier molecular flexibility index (Phi) is 142. The molecule has 0 aliphatic rings. The Bertz CT molecular complexity index is 22.5. The average Bonchev–Trinajstić information content (AvgIpc) is 1.96. The Hall–Kier alpha value is 0.983. The van der Waals surface area contributed by atoms with Crippen molar-refractivity contribution in [3.05, 3.63) is 0 Å². The van der Waals surface area contributed by atoms with Gasteiger partial charge in [0.2, 0.25) is 0 Å². The Labute approximate surface area is 85.9 Å². The summed E-state index contributed by atoms with van der Waals surface area (Å²) in [5.41, 5.74) is 0. The van der Waals surface area contributed by atoms with Crippen molar-refractivity contribution in [1.29, 1.82) is 0 Å². The summed E-state index contributed by atoms with van der Waals surface area (Å²) in [4.78, 5) is 0. The van der Waals surface area contributed by atoms with Gasteiger partial charge in [0.05, 0.1) is 0 Å². The molecule has 0 aromatic carbocycles. The van der Waals surface area contributed by atoms with Gasteiger partial charge >= 0.3 is 30.0 Å². The SMILES string of the molecule is CCO.CCO.CCO.[Br][Ru]. The molecule has 0 aromatic rings. The molecule has 0 amide bonds. The van der Waals surface area contributed by atoms with Gasteiger partial charge in [-0.1, -0.05) is 0 Å². The molecule has 75 valence electrons. The molecule has 0 heterocycles. The van der Waals surface area contributed by atoms with Crippen molar-refractivity contribution in [2.45, 2.75) is 20.8 Å². The standard InChI is InChI=1S/3C2H6O.BrH.Ru/c3*1-2-3;;/h3*3H,2H2,1H3;1H;/q;;;;+1/p-1. The van der Waals surface area contributed by atoms with E-state index in [0.29, 0.717) is 0 Å². The van der Waals surface area contributed by atoms with Gasteiger partial charge in [0.25, 0.3) is 0 Å². The van der Waals surface area contributed by atoms with E-state index in [1.165, 1.54) is 0 Å². The normalized spacial score (nSPS) is 5.45. The molecule has 0 aromatic heterocycles. The van der Waals surface area contributed by atoms with Crippen LogP contribution in [0.3, 0.4) is 0 Å². The predicted molar refractivity (Wildman–Crippen MR) is 47.2 cm³/mol. The van der Waals surface area contributed by atoms with E-state index in [4.69, 9.17) is 15.3 Å². The Morgan fingerprint density at radius 3 is 0.818 bits per heavy atom. The average molecular weight is 319 g/mol. The zero-order chi connectivity index (χ0) is 10.1. The molecule has 0 fully saturated rings. The molecule has 0 aliphatic carbocycles. The first kappa shape index (κ1) is 22.7. The second-order valence-electron chi connectivity index (χ2n) is 0.949. The Morgan fingerprint density at radius 1 is 0.818 bits per heavy atom. The van der Waals surface area contributed by atoms with Gasteiger partial charge < -0.3 is 15.3 Å². The number of aliphatic hydroxyl groups excluding tert-OH is 3. The Morgan fingerprint density at radius 2 is 0.818 bits per heavy atom. The monoisotopic (exact) mass is 319 g/mol. The van der Waals surface area contributed by atoms with Crippen molar-refractivity contribution < 1.29 is 31.7 Å². The number of halogens is 1. The van der Waals surface area contributed by atoms with Crippen LogP contribution in [0.4, 0.5) is 0 Å². The third kappa shape index (κ3) is 917. The molecule has 0 bridgehead atoms. The van der Waals surface area contributed by atoms with Crippen molar-refractivity contribution in [3.8, 4) is 0 Å². The van der Waals surface area contributed by atoms with Crippen LogP contribution in [0.2, 0.25) is 0 Å². The van der Waals surface area contributed by atoms with E-state index in [9.17, 15) is 0 Å². The maximum absolute atomic E-state index is 7.57. The molecule has 11 heavy (non-hydrogen) atoms. The number of rotatable bonds is 0. The molecule has 0 radical (unpaired) electrons. The van der Waals surface area contributed by atoms with Gasteiger partial charge in [-0.15, -0.1) is 0 Å². The molecule has 0 unspecified atom stereocenters. The third-order valence-electron chi connectivity index (χ3n) is 0. The summed E-state index contributed by atoms with van der Waals surface area (Å²) >= 11 is 5.03. The molecule has 5 heteroatoms. The van der Waals surface area contributed by atoms with Gasteiger partial charge in [0.15, 0.2) is 0 Å². The Balaban J connectivity index is -0.0000000301. The van der Waals surface area contributed by atoms with Crippen LogP contribution in [-0.2, 0) is 16.3 Å². The topological polar surface area (TPSA) is 60.7 Å². The van der Waals surface area contributed by atoms with Crippen molar-refractivity contribution in [1.82, 2.24) is 0 Å². The minimum absolute atomic E-state index is 0.250.